The number of piperidine rings is 5. The van der Waals surface area contributed by atoms with Crippen molar-refractivity contribution in [2.75, 3.05) is 139 Å². The van der Waals surface area contributed by atoms with Gasteiger partial charge in [-0.2, -0.15) is 58.9 Å². The van der Waals surface area contributed by atoms with Crippen LogP contribution in [0.25, 0.3) is 67.1 Å². The van der Waals surface area contributed by atoms with E-state index in [2.05, 4.69) is 132 Å². The molecule has 0 saturated carbocycles. The summed E-state index contributed by atoms with van der Waals surface area (Å²) >= 11 is 0. The number of aliphatic hydroxyl groups is 1. The molecule has 0 bridgehead atoms. The SMILES string of the molecule is CC(C)Nc1cc(C2CCCNC2)nc2c(-c3cnn(C)c3)cnn12.Cn1cc(-c2cnn3c(NC4CCNCC4)cc(C4CCCNC4)nc23)cn1.Cn1cc(-c2cnn3c(NCCN4CCOCC4)cc(C4CCCNC4)nc23)cn1.Cn1cc(-c2cnn3c(NCCO)cc(C4CCCNC4)nc23)cn1. The van der Waals surface area contributed by atoms with Gasteiger partial charge in [0.25, 0.3) is 0 Å². The molecule has 6 fully saturated rings. The first-order valence-corrected chi connectivity index (χ1v) is 38.9. The summed E-state index contributed by atoms with van der Waals surface area (Å²) in [4.78, 5) is 22.5. The van der Waals surface area contributed by atoms with E-state index in [1.807, 2.05) is 125 Å². The highest BCUT2D eigenvalue weighted by molar-refractivity contribution is 5.80. The summed E-state index contributed by atoms with van der Waals surface area (Å²) in [7, 11) is 7.69. The molecule has 32 nitrogen and oxygen atoms in total. The van der Waals surface area contributed by atoms with Crippen LogP contribution in [0.3, 0.4) is 0 Å². The molecule has 4 unspecified atom stereocenters. The Labute approximate surface area is 629 Å². The highest BCUT2D eigenvalue weighted by Crippen LogP contribution is 2.35. The van der Waals surface area contributed by atoms with Crippen LogP contribution in [0, 0.1) is 0 Å². The van der Waals surface area contributed by atoms with E-state index in [0.717, 1.165) is 244 Å². The van der Waals surface area contributed by atoms with Crippen LogP contribution in [0.1, 0.15) is 125 Å². The Morgan fingerprint density at radius 2 is 0.778 bits per heavy atom. The van der Waals surface area contributed by atoms with Gasteiger partial charge in [-0.1, -0.05) is 0 Å². The molecule has 4 atom stereocenters. The Kier molecular flexibility index (Phi) is 23.6. The number of aromatic nitrogens is 20. The molecule has 18 rings (SSSR count). The minimum atomic E-state index is 0.0703. The van der Waals surface area contributed by atoms with Crippen LogP contribution in [-0.2, 0) is 32.9 Å². The van der Waals surface area contributed by atoms with Crippen LogP contribution >= 0.6 is 0 Å². The van der Waals surface area contributed by atoms with E-state index in [1.54, 1.807) is 13.9 Å². The summed E-state index contributed by atoms with van der Waals surface area (Å²) in [6.45, 7) is 20.7. The predicted octanol–water partition coefficient (Wildman–Crippen LogP) is 6.52. The quantitative estimate of drug-likeness (QED) is 0.0412. The minimum absolute atomic E-state index is 0.0703. The number of hydrogen-bond donors (Lipinski definition) is 10. The molecule has 6 aliphatic heterocycles. The number of ether oxygens (including phenoxy) is 1. The van der Waals surface area contributed by atoms with Gasteiger partial charge < -0.3 is 57.7 Å². The van der Waals surface area contributed by atoms with E-state index in [4.69, 9.17) is 24.7 Å². The third-order valence-electron chi connectivity index (χ3n) is 21.3. The third-order valence-corrected chi connectivity index (χ3v) is 21.3. The molecule has 18 heterocycles. The highest BCUT2D eigenvalue weighted by atomic mass is 16.5. The van der Waals surface area contributed by atoms with Gasteiger partial charge in [0.05, 0.1) is 92.2 Å². The Morgan fingerprint density at radius 3 is 1.12 bits per heavy atom. The average Bonchev–Trinajstić information content (AvgIpc) is 1.61. The zero-order valence-corrected chi connectivity index (χ0v) is 63.2. The Morgan fingerprint density at radius 1 is 0.426 bits per heavy atom. The van der Waals surface area contributed by atoms with E-state index in [-0.39, 0.29) is 6.61 Å². The van der Waals surface area contributed by atoms with Crippen molar-refractivity contribution in [3.8, 4) is 44.5 Å². The van der Waals surface area contributed by atoms with Crippen molar-refractivity contribution >= 4 is 45.9 Å². The van der Waals surface area contributed by atoms with Crippen LogP contribution in [0.5, 0.6) is 0 Å². The lowest BCUT2D eigenvalue weighted by molar-refractivity contribution is 0.0398. The lowest BCUT2D eigenvalue weighted by atomic mass is 9.95. The van der Waals surface area contributed by atoms with Gasteiger partial charge in [-0.05, 0) is 117 Å². The number of aryl methyl sites for hydroxylation is 4. The molecule has 0 spiro atoms. The van der Waals surface area contributed by atoms with Crippen LogP contribution < -0.4 is 47.9 Å². The first-order chi connectivity index (χ1) is 52.9. The standard InChI is InChI=1S/C21H30N8O.C20H28N8.C18H25N7.C17H23N7O/c1-27-15-17(13-24-27)18-14-25-29-20(23-5-6-28-7-9-30-10-8-28)11-19(26-21(18)29)16-3-2-4-22-12-16;1-27-13-15(11-23-27)17-12-24-28-19(25-16-4-7-21-8-5-16)9-18(26-20(17)28)14-3-2-6-22-10-14;1-12(2)22-17-7-16(13-5-4-6-19-8-13)23-18-15(10-21-25(17)18)14-9-20-24(3)11-14;1-23-11-13(9-20-23)14-10-21-24-16(19-5-6-25)7-15(22-17(14)24)12-3-2-4-18-8-12/h11,13-16,22-23H,2-10,12H2,1H3;9,11-14,16,21-22,25H,2-8,10H2,1H3;7,9-13,19,22H,4-6,8H2,1-3H3;7,9-12,18-19,25H,2-6,8H2,1H3. The van der Waals surface area contributed by atoms with Gasteiger partial charge in [-0.25, -0.2) is 19.9 Å². The van der Waals surface area contributed by atoms with Crippen molar-refractivity contribution in [1.82, 2.24) is 129 Å². The van der Waals surface area contributed by atoms with Crippen LogP contribution in [0.4, 0.5) is 23.3 Å². The van der Waals surface area contributed by atoms with Gasteiger partial charge in [-0.15, -0.1) is 0 Å². The monoisotopic (exact) mass is 1470 g/mol. The van der Waals surface area contributed by atoms with E-state index in [0.29, 0.717) is 42.3 Å². The molecule has 572 valence electrons. The maximum absolute atomic E-state index is 9.17. The van der Waals surface area contributed by atoms with E-state index in [9.17, 15) is 5.11 Å². The Hall–Kier alpha value is -9.80. The third kappa shape index (κ3) is 17.3. The molecule has 10 N–H and O–H groups in total. The molecular formula is C76H106N30O2. The summed E-state index contributed by atoms with van der Waals surface area (Å²) in [5.74, 6) is 5.62. The second-order valence-corrected chi connectivity index (χ2v) is 29.7. The van der Waals surface area contributed by atoms with Crippen molar-refractivity contribution in [3.63, 3.8) is 0 Å². The maximum Gasteiger partial charge on any atom is 0.165 e. The van der Waals surface area contributed by atoms with Crippen LogP contribution in [0.15, 0.2) is 98.6 Å². The van der Waals surface area contributed by atoms with Gasteiger partial charge in [0, 0.05) is 216 Å². The normalized spacial score (nSPS) is 19.6. The number of nitrogens with one attached hydrogen (secondary N) is 9. The van der Waals surface area contributed by atoms with E-state index < -0.39 is 0 Å². The maximum atomic E-state index is 9.17. The first-order valence-electron chi connectivity index (χ1n) is 38.9. The van der Waals surface area contributed by atoms with Crippen molar-refractivity contribution in [2.45, 2.75) is 114 Å². The van der Waals surface area contributed by atoms with E-state index >= 15 is 0 Å². The molecule has 12 aromatic rings. The molecule has 32 heteroatoms. The fourth-order valence-electron chi connectivity index (χ4n) is 15.5. The van der Waals surface area contributed by atoms with Gasteiger partial charge in [-0.3, -0.25) is 23.6 Å². The van der Waals surface area contributed by atoms with Crippen LogP contribution in [-0.4, -0.2) is 238 Å². The van der Waals surface area contributed by atoms with Crippen molar-refractivity contribution in [2.24, 2.45) is 28.2 Å². The predicted molar refractivity (Wildman–Crippen MR) is 420 cm³/mol. The zero-order chi connectivity index (χ0) is 73.9. The molecular weight excluding hydrogens is 1370 g/mol. The number of fused-ring (bicyclic) bond motifs is 4. The number of rotatable bonds is 19. The smallest absolute Gasteiger partial charge is 0.165 e. The fraction of sp³-hybridized carbons (Fsp3) is 0.526. The molecule has 6 saturated heterocycles. The first kappa shape index (κ1) is 73.7. The van der Waals surface area contributed by atoms with Crippen LogP contribution in [0.2, 0.25) is 0 Å². The van der Waals surface area contributed by atoms with Gasteiger partial charge in [0.15, 0.2) is 22.6 Å². The number of morpholine rings is 1. The Bertz CT molecular complexity index is 4880. The molecule has 0 aliphatic carbocycles. The van der Waals surface area contributed by atoms with E-state index in [1.165, 1.54) is 38.5 Å². The Balaban J connectivity index is 0.000000115. The molecule has 12 aromatic heterocycles. The average molecular weight is 1470 g/mol. The summed E-state index contributed by atoms with van der Waals surface area (Å²) in [6, 6.07) is 9.41. The van der Waals surface area contributed by atoms with Gasteiger partial charge in [0.1, 0.15) is 23.3 Å². The molecule has 0 aromatic carbocycles. The number of nitrogens with zero attached hydrogens (tertiary/aromatic N) is 21. The van der Waals surface area contributed by atoms with Gasteiger partial charge >= 0.3 is 0 Å². The van der Waals surface area contributed by atoms with Gasteiger partial charge in [0.2, 0.25) is 0 Å². The van der Waals surface area contributed by atoms with Crippen molar-refractivity contribution < 1.29 is 9.84 Å². The summed E-state index contributed by atoms with van der Waals surface area (Å²) in [5, 5.41) is 76.4. The topological polar surface area (TPSA) is 333 Å². The van der Waals surface area contributed by atoms with Crippen molar-refractivity contribution in [3.05, 3.63) is 121 Å². The molecule has 6 aliphatic rings. The second kappa shape index (κ2) is 34.6. The largest absolute Gasteiger partial charge is 0.395 e. The number of aliphatic hydroxyl groups excluding tert-OH is 1. The summed E-state index contributed by atoms with van der Waals surface area (Å²) < 4.78 is 20.3. The fourth-order valence-corrected chi connectivity index (χ4v) is 15.5. The molecule has 0 radical (unpaired) electrons. The molecule has 108 heavy (non-hydrogen) atoms. The summed E-state index contributed by atoms with van der Waals surface area (Å²) in [5.41, 5.74) is 16.2. The highest BCUT2D eigenvalue weighted by Gasteiger charge is 2.28. The minimum Gasteiger partial charge on any atom is -0.395 e. The summed E-state index contributed by atoms with van der Waals surface area (Å²) in [6.07, 6.45) is 34.6. The second-order valence-electron chi connectivity index (χ2n) is 29.7. The molecule has 0 amide bonds. The van der Waals surface area contributed by atoms with Crippen molar-refractivity contribution in [1.29, 1.82) is 0 Å². The number of anilines is 4. The lowest BCUT2D eigenvalue weighted by Crippen LogP contribution is -2.39. The zero-order valence-electron chi connectivity index (χ0n) is 63.2. The number of hydrogen-bond acceptors (Lipinski definition) is 24. The lowest BCUT2D eigenvalue weighted by Gasteiger charge is -2.27.